The predicted octanol–water partition coefficient (Wildman–Crippen LogP) is 14.9. The molecule has 52 heavy (non-hydrogen) atoms. The van der Waals surface area contributed by atoms with E-state index in [4.69, 9.17) is 0 Å². The van der Waals surface area contributed by atoms with Gasteiger partial charge < -0.3 is 0 Å². The molecule has 0 heterocycles. The van der Waals surface area contributed by atoms with Gasteiger partial charge in [-0.3, -0.25) is 0 Å². The highest BCUT2D eigenvalue weighted by Crippen LogP contribution is 2.42. The summed E-state index contributed by atoms with van der Waals surface area (Å²) in [6, 6.07) is 72.3. The van der Waals surface area contributed by atoms with Gasteiger partial charge in [0.05, 0.1) is 0 Å². The molecule has 11 aromatic rings. The Balaban J connectivity index is 1.33. The summed E-state index contributed by atoms with van der Waals surface area (Å²) in [7, 11) is 0. The Kier molecular flexibility index (Phi) is 6.35. The molecule has 0 amide bonds. The first kappa shape index (κ1) is 29.0. The fraction of sp³-hybridized carbons (Fsp3) is 0. The van der Waals surface area contributed by atoms with Crippen molar-refractivity contribution in [2.45, 2.75) is 0 Å². The van der Waals surface area contributed by atoms with Crippen molar-refractivity contribution in [2.24, 2.45) is 0 Å². The van der Waals surface area contributed by atoms with E-state index in [0.717, 1.165) is 0 Å². The van der Waals surface area contributed by atoms with Crippen molar-refractivity contribution in [1.29, 1.82) is 0 Å². The number of hydrogen-bond acceptors (Lipinski definition) is 0. The highest BCUT2D eigenvalue weighted by atomic mass is 14.2. The van der Waals surface area contributed by atoms with Crippen LogP contribution < -0.4 is 0 Å². The van der Waals surface area contributed by atoms with Crippen LogP contribution in [-0.2, 0) is 0 Å². The summed E-state index contributed by atoms with van der Waals surface area (Å²) in [5.41, 5.74) is 2.48. The van der Waals surface area contributed by atoms with Crippen molar-refractivity contribution >= 4 is 97.0 Å². The highest BCUT2D eigenvalue weighted by Gasteiger charge is 2.14. The van der Waals surface area contributed by atoms with E-state index in [2.05, 4.69) is 194 Å². The predicted molar refractivity (Wildman–Crippen MR) is 227 cm³/mol. The number of fused-ring (bicyclic) bond motifs is 14. The van der Waals surface area contributed by atoms with Crippen LogP contribution in [0.5, 0.6) is 0 Å². The quantitative estimate of drug-likeness (QED) is 0.154. The van der Waals surface area contributed by atoms with E-state index < -0.39 is 0 Å². The topological polar surface area (TPSA) is 0 Å². The first-order valence-corrected chi connectivity index (χ1v) is 18.1. The molecule has 0 fully saturated rings. The Bertz CT molecular complexity index is 3260. The molecule has 0 heteroatoms. The molecule has 240 valence electrons. The lowest BCUT2D eigenvalue weighted by Gasteiger charge is -2.15. The summed E-state index contributed by atoms with van der Waals surface area (Å²) >= 11 is 0. The monoisotopic (exact) mass is 656 g/mol. The van der Waals surface area contributed by atoms with Gasteiger partial charge in [0.2, 0.25) is 0 Å². The summed E-state index contributed by atoms with van der Waals surface area (Å²) in [6.45, 7) is 0. The summed E-state index contributed by atoms with van der Waals surface area (Å²) in [5.74, 6) is 0. The fourth-order valence-corrected chi connectivity index (χ4v) is 8.79. The number of rotatable bonds is 1. The Hall–Kier alpha value is -6.76. The second kappa shape index (κ2) is 11.4. The van der Waals surface area contributed by atoms with Gasteiger partial charge in [0.15, 0.2) is 0 Å². The maximum Gasteiger partial charge on any atom is -0.00201 e. The van der Waals surface area contributed by atoms with Gasteiger partial charge in [0.1, 0.15) is 0 Å². The van der Waals surface area contributed by atoms with Gasteiger partial charge in [-0.15, -0.1) is 0 Å². The molecule has 11 aromatic carbocycles. The molecule has 0 N–H and O–H groups in total. The van der Waals surface area contributed by atoms with E-state index in [1.165, 1.54) is 108 Å². The third kappa shape index (κ3) is 4.41. The Labute approximate surface area is 301 Å². The van der Waals surface area contributed by atoms with Crippen LogP contribution >= 0.6 is 0 Å². The third-order valence-corrected chi connectivity index (χ3v) is 11.2. The van der Waals surface area contributed by atoms with Crippen LogP contribution in [0.15, 0.2) is 194 Å². The number of benzene rings is 10. The van der Waals surface area contributed by atoms with Crippen molar-refractivity contribution in [2.75, 3.05) is 0 Å². The van der Waals surface area contributed by atoms with Crippen LogP contribution in [0, 0.1) is 0 Å². The molecular formula is C52H32. The second-order valence-corrected chi connectivity index (χ2v) is 14.0. The molecule has 0 saturated heterocycles. The minimum Gasteiger partial charge on any atom is -0.0616 e. The van der Waals surface area contributed by atoms with E-state index in [-0.39, 0.29) is 0 Å². The standard InChI is InChI=1S/C52H32/c1-2-14-34-28-37-31-39-32-51-35(29-38(39)30-36(37)27-33(34)13-1)15-11-24-47(51)50-26-12-25-49-46-21-8-7-20-44(46)42-17-4-3-16-40(42)41-18-5-6-19-43(41)45-22-9-10-23-48(45)52(49)50/h1-32H. The van der Waals surface area contributed by atoms with E-state index >= 15 is 0 Å². The molecule has 0 aliphatic heterocycles. The SMILES string of the molecule is c1ccc2cc3cc4cc5c(-c6cccc7c8ccccc8c8ccccc8c8ccccc8c8ccccc8c67)cccc5cc4cc3cc2c1. The van der Waals surface area contributed by atoms with Crippen molar-refractivity contribution in [1.82, 2.24) is 0 Å². The van der Waals surface area contributed by atoms with Crippen molar-refractivity contribution in [3.05, 3.63) is 194 Å². The molecule has 0 saturated carbocycles. The van der Waals surface area contributed by atoms with E-state index in [1.54, 1.807) is 0 Å². The van der Waals surface area contributed by atoms with Gasteiger partial charge >= 0.3 is 0 Å². The maximum atomic E-state index is 2.42. The number of hydrogen-bond donors (Lipinski definition) is 0. The van der Waals surface area contributed by atoms with Crippen LogP contribution in [0.25, 0.3) is 108 Å². The smallest absolute Gasteiger partial charge is 0.00201 e. The van der Waals surface area contributed by atoms with Gasteiger partial charge in [-0.25, -0.2) is 0 Å². The molecule has 0 atom stereocenters. The summed E-state index contributed by atoms with van der Waals surface area (Å²) in [6.07, 6.45) is 0. The Morgan fingerprint density at radius 1 is 0.173 bits per heavy atom. The first-order chi connectivity index (χ1) is 25.8. The molecule has 0 aliphatic rings. The van der Waals surface area contributed by atoms with Gasteiger partial charge in [-0.05, 0) is 144 Å². The molecule has 0 spiro atoms. The molecular weight excluding hydrogens is 625 g/mol. The molecule has 0 bridgehead atoms. The summed E-state index contributed by atoms with van der Waals surface area (Å²) < 4.78 is 0. The van der Waals surface area contributed by atoms with Gasteiger partial charge in [0.25, 0.3) is 0 Å². The first-order valence-electron chi connectivity index (χ1n) is 18.1. The zero-order valence-corrected chi connectivity index (χ0v) is 28.5. The second-order valence-electron chi connectivity index (χ2n) is 14.0. The Morgan fingerprint density at radius 3 is 0.981 bits per heavy atom. The minimum atomic E-state index is 1.24. The van der Waals surface area contributed by atoms with Crippen LogP contribution in [0.4, 0.5) is 0 Å². The van der Waals surface area contributed by atoms with Crippen LogP contribution in [0.2, 0.25) is 0 Å². The summed E-state index contributed by atoms with van der Waals surface area (Å²) in [4.78, 5) is 0. The maximum absolute atomic E-state index is 2.42. The van der Waals surface area contributed by atoms with Crippen LogP contribution in [0.3, 0.4) is 0 Å². The lowest BCUT2D eigenvalue weighted by Crippen LogP contribution is -1.87. The lowest BCUT2D eigenvalue weighted by atomic mass is 9.88. The van der Waals surface area contributed by atoms with Crippen molar-refractivity contribution in [3.63, 3.8) is 0 Å². The molecule has 0 aliphatic carbocycles. The average Bonchev–Trinajstić information content (AvgIpc) is 3.21. The van der Waals surface area contributed by atoms with Gasteiger partial charge in [-0.1, -0.05) is 158 Å². The molecule has 11 rings (SSSR count). The highest BCUT2D eigenvalue weighted by molar-refractivity contribution is 6.29. The zero-order valence-electron chi connectivity index (χ0n) is 28.5. The average molecular weight is 657 g/mol. The van der Waals surface area contributed by atoms with Crippen LogP contribution in [0.1, 0.15) is 0 Å². The van der Waals surface area contributed by atoms with Crippen molar-refractivity contribution in [3.8, 4) is 11.1 Å². The van der Waals surface area contributed by atoms with E-state index in [9.17, 15) is 0 Å². The fourth-order valence-electron chi connectivity index (χ4n) is 8.79. The van der Waals surface area contributed by atoms with Crippen molar-refractivity contribution < 1.29 is 0 Å². The van der Waals surface area contributed by atoms with Gasteiger partial charge in [0, 0.05) is 0 Å². The van der Waals surface area contributed by atoms with Crippen LogP contribution in [-0.4, -0.2) is 0 Å². The molecule has 0 radical (unpaired) electrons. The zero-order chi connectivity index (χ0) is 34.2. The minimum absolute atomic E-state index is 1.24. The molecule has 0 aromatic heterocycles. The van der Waals surface area contributed by atoms with E-state index in [0.29, 0.717) is 0 Å². The van der Waals surface area contributed by atoms with E-state index in [1.807, 2.05) is 0 Å². The summed E-state index contributed by atoms with van der Waals surface area (Å²) in [5, 5.41) is 22.6. The third-order valence-electron chi connectivity index (χ3n) is 11.2. The largest absolute Gasteiger partial charge is 0.0616 e. The lowest BCUT2D eigenvalue weighted by molar-refractivity contribution is 1.72. The molecule has 0 unspecified atom stereocenters. The van der Waals surface area contributed by atoms with Gasteiger partial charge in [-0.2, -0.15) is 0 Å². The molecule has 0 nitrogen and oxygen atoms in total. The normalized spacial score (nSPS) is 11.8. The Morgan fingerprint density at radius 2 is 0.481 bits per heavy atom.